The van der Waals surface area contributed by atoms with Gasteiger partial charge in [-0.05, 0) is 18.3 Å². The summed E-state index contributed by atoms with van der Waals surface area (Å²) in [6.45, 7) is 0. The first-order valence-corrected chi connectivity index (χ1v) is 5.87. The number of hydrogen-bond donors (Lipinski definition) is 4. The molecule has 1 saturated carbocycles. The topological polar surface area (TPSA) is 80.9 Å². The van der Waals surface area contributed by atoms with E-state index < -0.39 is 12.9 Å². The van der Waals surface area contributed by atoms with Crippen LogP contribution in [0.15, 0.2) is 30.3 Å². The molecule has 0 bridgehead atoms. The van der Waals surface area contributed by atoms with Crippen LogP contribution in [-0.2, 0) is 0 Å². The third-order valence-corrected chi connectivity index (χ3v) is 2.75. The van der Waals surface area contributed by atoms with Gasteiger partial charge in [-0.15, -0.1) is 0 Å². The Bertz CT molecular complexity index is 306. The summed E-state index contributed by atoms with van der Waals surface area (Å²) < 4.78 is 0. The lowest BCUT2D eigenvalue weighted by molar-refractivity contribution is -0.180. The second kappa shape index (κ2) is 6.76. The highest BCUT2D eigenvalue weighted by atomic mass is 16.5. The summed E-state index contributed by atoms with van der Waals surface area (Å²) in [6.07, 6.45) is 4.21. The Morgan fingerprint density at radius 1 is 0.882 bits per heavy atom. The molecule has 5 heteroatoms. The third kappa shape index (κ3) is 5.84. The fourth-order valence-corrected chi connectivity index (χ4v) is 1.74. The van der Waals surface area contributed by atoms with Crippen molar-refractivity contribution in [2.24, 2.45) is 0 Å². The van der Waals surface area contributed by atoms with Crippen molar-refractivity contribution in [3.8, 4) is 0 Å². The van der Waals surface area contributed by atoms with Crippen LogP contribution in [0.3, 0.4) is 0 Å². The van der Waals surface area contributed by atoms with Crippen LogP contribution in [0.1, 0.15) is 32.1 Å². The molecule has 0 saturated heterocycles. The van der Waals surface area contributed by atoms with Crippen LogP contribution >= 0.6 is 0 Å². The van der Waals surface area contributed by atoms with Gasteiger partial charge < -0.3 is 20.3 Å². The molecule has 0 aliphatic heterocycles. The molecule has 0 heterocycles. The number of hydrogen-bond acceptors (Lipinski definition) is 4. The van der Waals surface area contributed by atoms with Crippen LogP contribution < -0.4 is 5.46 Å². The van der Waals surface area contributed by atoms with E-state index in [1.54, 1.807) is 24.3 Å². The molecular weight excluding hydrogens is 219 g/mol. The Balaban J connectivity index is 0.000000171. The van der Waals surface area contributed by atoms with Crippen LogP contribution in [-0.4, -0.2) is 33.2 Å². The highest BCUT2D eigenvalue weighted by Gasteiger charge is 2.24. The normalized spacial score (nSPS) is 17.9. The van der Waals surface area contributed by atoms with E-state index in [1.807, 2.05) is 6.07 Å². The average molecular weight is 238 g/mol. The molecule has 0 unspecified atom stereocenters. The van der Waals surface area contributed by atoms with Crippen molar-refractivity contribution in [3.63, 3.8) is 0 Å². The lowest BCUT2D eigenvalue weighted by Gasteiger charge is -2.25. The van der Waals surface area contributed by atoms with Crippen LogP contribution in [0.25, 0.3) is 0 Å². The molecule has 0 amide bonds. The number of benzene rings is 1. The second-order valence-corrected chi connectivity index (χ2v) is 4.33. The van der Waals surface area contributed by atoms with Gasteiger partial charge in [0.05, 0.1) is 0 Å². The molecule has 1 aliphatic rings. The minimum Gasteiger partial charge on any atom is -0.423 e. The Morgan fingerprint density at radius 3 is 1.71 bits per heavy atom. The summed E-state index contributed by atoms with van der Waals surface area (Å²) in [6, 6.07) is 8.66. The summed E-state index contributed by atoms with van der Waals surface area (Å²) in [5, 5.41) is 35.0. The summed E-state index contributed by atoms with van der Waals surface area (Å²) >= 11 is 0. The predicted molar refractivity (Wildman–Crippen MR) is 66.5 cm³/mol. The zero-order valence-corrected chi connectivity index (χ0v) is 9.79. The minimum absolute atomic E-state index is 0.525. The highest BCUT2D eigenvalue weighted by molar-refractivity contribution is 6.58. The molecule has 94 valence electrons. The fourth-order valence-electron chi connectivity index (χ4n) is 1.74. The van der Waals surface area contributed by atoms with Gasteiger partial charge in [-0.2, -0.15) is 0 Å². The van der Waals surface area contributed by atoms with Gasteiger partial charge in [-0.3, -0.25) is 0 Å². The molecule has 0 aromatic heterocycles. The molecule has 4 N–H and O–H groups in total. The number of aliphatic hydroxyl groups is 2. The van der Waals surface area contributed by atoms with Crippen molar-refractivity contribution in [3.05, 3.63) is 30.3 Å². The molecule has 1 aliphatic carbocycles. The number of rotatable bonds is 1. The second-order valence-electron chi connectivity index (χ2n) is 4.33. The van der Waals surface area contributed by atoms with Crippen molar-refractivity contribution >= 4 is 12.6 Å². The van der Waals surface area contributed by atoms with Crippen molar-refractivity contribution in [2.45, 2.75) is 37.9 Å². The zero-order chi connectivity index (χ0) is 12.7. The Kier molecular flexibility index (Phi) is 5.64. The van der Waals surface area contributed by atoms with Gasteiger partial charge in [0, 0.05) is 12.8 Å². The van der Waals surface area contributed by atoms with Gasteiger partial charge in [-0.25, -0.2) is 0 Å². The Hall–Kier alpha value is -0.875. The zero-order valence-electron chi connectivity index (χ0n) is 9.79. The van der Waals surface area contributed by atoms with Crippen molar-refractivity contribution in [1.82, 2.24) is 0 Å². The van der Waals surface area contributed by atoms with Gasteiger partial charge >= 0.3 is 7.12 Å². The predicted octanol–water partition coefficient (Wildman–Crippen LogP) is -0.00220. The SMILES string of the molecule is OB(O)c1ccccc1.OC1(O)CCCCC1. The Labute approximate surface area is 102 Å². The first kappa shape index (κ1) is 14.2. The average Bonchev–Trinajstić information content (AvgIpc) is 2.30. The highest BCUT2D eigenvalue weighted by Crippen LogP contribution is 2.24. The van der Waals surface area contributed by atoms with Crippen LogP contribution in [0.4, 0.5) is 0 Å². The molecule has 0 atom stereocenters. The van der Waals surface area contributed by atoms with E-state index in [0.29, 0.717) is 18.3 Å². The van der Waals surface area contributed by atoms with Gasteiger partial charge in [-0.1, -0.05) is 36.8 Å². The lowest BCUT2D eigenvalue weighted by atomic mass is 9.81. The fraction of sp³-hybridized carbons (Fsp3) is 0.500. The monoisotopic (exact) mass is 238 g/mol. The molecular formula is C12H19BO4. The van der Waals surface area contributed by atoms with E-state index in [-0.39, 0.29) is 0 Å². The smallest absolute Gasteiger partial charge is 0.423 e. The molecule has 1 fully saturated rings. The third-order valence-electron chi connectivity index (χ3n) is 2.75. The summed E-state index contributed by atoms with van der Waals surface area (Å²) in [5.74, 6) is -1.32. The maximum absolute atomic E-state index is 8.93. The molecule has 4 nitrogen and oxygen atoms in total. The molecule has 0 radical (unpaired) electrons. The summed E-state index contributed by atoms with van der Waals surface area (Å²) in [4.78, 5) is 0. The molecule has 2 rings (SSSR count). The van der Waals surface area contributed by atoms with E-state index in [0.717, 1.165) is 19.3 Å². The minimum atomic E-state index is -1.34. The van der Waals surface area contributed by atoms with Gasteiger partial charge in [0.15, 0.2) is 5.79 Å². The Morgan fingerprint density at radius 2 is 1.41 bits per heavy atom. The summed E-state index contributed by atoms with van der Waals surface area (Å²) in [5.41, 5.74) is 0.525. The van der Waals surface area contributed by atoms with Crippen molar-refractivity contribution in [1.29, 1.82) is 0 Å². The van der Waals surface area contributed by atoms with E-state index in [4.69, 9.17) is 20.3 Å². The molecule has 1 aromatic carbocycles. The molecule has 1 aromatic rings. The van der Waals surface area contributed by atoms with Crippen molar-refractivity contribution in [2.75, 3.05) is 0 Å². The van der Waals surface area contributed by atoms with Crippen molar-refractivity contribution < 1.29 is 20.3 Å². The van der Waals surface area contributed by atoms with Gasteiger partial charge in [0.2, 0.25) is 0 Å². The van der Waals surface area contributed by atoms with E-state index in [9.17, 15) is 0 Å². The van der Waals surface area contributed by atoms with Crippen LogP contribution in [0, 0.1) is 0 Å². The molecule has 17 heavy (non-hydrogen) atoms. The lowest BCUT2D eigenvalue weighted by Crippen LogP contribution is -2.30. The maximum atomic E-state index is 8.93. The van der Waals surface area contributed by atoms with E-state index in [2.05, 4.69) is 0 Å². The van der Waals surface area contributed by atoms with E-state index in [1.165, 1.54) is 0 Å². The first-order valence-electron chi connectivity index (χ1n) is 5.87. The molecule has 0 spiro atoms. The largest absolute Gasteiger partial charge is 0.488 e. The summed E-state index contributed by atoms with van der Waals surface area (Å²) in [7, 11) is -1.34. The van der Waals surface area contributed by atoms with Gasteiger partial charge in [0.25, 0.3) is 0 Å². The quantitative estimate of drug-likeness (QED) is 0.410. The maximum Gasteiger partial charge on any atom is 0.488 e. The van der Waals surface area contributed by atoms with Gasteiger partial charge in [0.1, 0.15) is 0 Å². The van der Waals surface area contributed by atoms with Crippen LogP contribution in [0.2, 0.25) is 0 Å². The van der Waals surface area contributed by atoms with Crippen LogP contribution in [0.5, 0.6) is 0 Å². The first-order chi connectivity index (χ1) is 8.01. The van der Waals surface area contributed by atoms with E-state index >= 15 is 0 Å². The standard InChI is InChI=1S/C6H7BO2.C6H12O2/c8-7(9)6-4-2-1-3-5-6;7-6(8)4-2-1-3-5-6/h1-5,8-9H;7-8H,1-5H2.